The molecule has 222 valence electrons. The summed E-state index contributed by atoms with van der Waals surface area (Å²) >= 11 is 0. The van der Waals surface area contributed by atoms with Crippen molar-refractivity contribution in [2.75, 3.05) is 56.1 Å². The zero-order valence-corrected chi connectivity index (χ0v) is 24.1. The van der Waals surface area contributed by atoms with E-state index in [1.807, 2.05) is 17.3 Å². The molecule has 0 unspecified atom stereocenters. The van der Waals surface area contributed by atoms with Gasteiger partial charge in [-0.05, 0) is 51.0 Å². The maximum absolute atomic E-state index is 15.0. The van der Waals surface area contributed by atoms with E-state index in [0.29, 0.717) is 25.9 Å². The molecule has 1 aromatic carbocycles. The standard InChI is InChI=1S/C30H41F2N7O2/c1-3-21-19-33-30(34-20-21)39-14-8-25(9-15-39)41-36-24-6-12-38(13-7-24)28-18-26(31)22(16-27(28)32)17-29(40)35-23-4-10-37(2)11-5-23/h16,18-20,23,25H,3-15,17H2,1-2H3,(H,35,40). The lowest BCUT2D eigenvalue weighted by Crippen LogP contribution is -2.43. The van der Waals surface area contributed by atoms with Crippen LogP contribution >= 0.6 is 0 Å². The maximum Gasteiger partial charge on any atom is 0.225 e. The van der Waals surface area contributed by atoms with Crippen molar-refractivity contribution in [2.45, 2.75) is 70.4 Å². The van der Waals surface area contributed by atoms with Crippen LogP contribution in [0.4, 0.5) is 20.4 Å². The van der Waals surface area contributed by atoms with Crippen LogP contribution in [-0.2, 0) is 22.5 Å². The van der Waals surface area contributed by atoms with E-state index in [-0.39, 0.29) is 35.7 Å². The van der Waals surface area contributed by atoms with E-state index in [1.165, 1.54) is 12.1 Å². The van der Waals surface area contributed by atoms with Gasteiger partial charge < -0.3 is 24.9 Å². The van der Waals surface area contributed by atoms with Gasteiger partial charge in [0.05, 0.1) is 17.8 Å². The molecule has 0 saturated carbocycles. The highest BCUT2D eigenvalue weighted by Crippen LogP contribution is 2.27. The van der Waals surface area contributed by atoms with E-state index < -0.39 is 11.6 Å². The summed E-state index contributed by atoms with van der Waals surface area (Å²) in [5.74, 6) is -0.577. The number of benzene rings is 1. The first-order valence-corrected chi connectivity index (χ1v) is 14.9. The van der Waals surface area contributed by atoms with Gasteiger partial charge in [0.2, 0.25) is 11.9 Å². The van der Waals surface area contributed by atoms with Gasteiger partial charge in [0.1, 0.15) is 17.7 Å². The van der Waals surface area contributed by atoms with Crippen LogP contribution in [0, 0.1) is 11.6 Å². The summed E-state index contributed by atoms with van der Waals surface area (Å²) in [4.78, 5) is 33.5. The summed E-state index contributed by atoms with van der Waals surface area (Å²) in [5.41, 5.74) is 2.37. The Morgan fingerprint density at radius 3 is 2.32 bits per heavy atom. The fraction of sp³-hybridized carbons (Fsp3) is 0.600. The summed E-state index contributed by atoms with van der Waals surface area (Å²) < 4.78 is 29.9. The molecule has 0 radical (unpaired) electrons. The lowest BCUT2D eigenvalue weighted by molar-refractivity contribution is -0.121. The Kier molecular flexibility index (Phi) is 9.64. The second-order valence-corrected chi connectivity index (χ2v) is 11.4. The highest BCUT2D eigenvalue weighted by molar-refractivity contribution is 5.86. The molecule has 4 heterocycles. The number of halogens is 2. The largest absolute Gasteiger partial charge is 0.392 e. The monoisotopic (exact) mass is 569 g/mol. The van der Waals surface area contributed by atoms with Crippen LogP contribution in [0.1, 0.15) is 56.6 Å². The highest BCUT2D eigenvalue weighted by atomic mass is 19.1. The predicted molar refractivity (Wildman–Crippen MR) is 155 cm³/mol. The number of oxime groups is 1. The molecule has 1 amide bonds. The molecule has 0 aliphatic carbocycles. The van der Waals surface area contributed by atoms with Gasteiger partial charge in [-0.25, -0.2) is 18.7 Å². The fourth-order valence-corrected chi connectivity index (χ4v) is 5.66. The van der Waals surface area contributed by atoms with Crippen LogP contribution in [0.15, 0.2) is 29.7 Å². The number of likely N-dealkylation sites (tertiary alicyclic amines) is 1. The lowest BCUT2D eigenvalue weighted by Gasteiger charge is -2.32. The van der Waals surface area contributed by atoms with Gasteiger partial charge in [-0.1, -0.05) is 12.1 Å². The maximum atomic E-state index is 15.0. The Morgan fingerprint density at radius 2 is 1.66 bits per heavy atom. The molecule has 3 aliphatic heterocycles. The molecule has 1 aromatic heterocycles. The van der Waals surface area contributed by atoms with Crippen molar-refractivity contribution in [2.24, 2.45) is 5.16 Å². The summed E-state index contributed by atoms with van der Waals surface area (Å²) in [6.07, 6.45) is 9.23. The highest BCUT2D eigenvalue weighted by Gasteiger charge is 2.25. The average molecular weight is 570 g/mol. The average Bonchev–Trinajstić information content (AvgIpc) is 2.99. The van der Waals surface area contributed by atoms with Crippen molar-refractivity contribution in [1.82, 2.24) is 20.2 Å². The molecule has 9 nitrogen and oxygen atoms in total. The minimum atomic E-state index is -0.555. The van der Waals surface area contributed by atoms with Crippen LogP contribution in [0.3, 0.4) is 0 Å². The molecule has 11 heteroatoms. The molecular weight excluding hydrogens is 528 g/mol. The smallest absolute Gasteiger partial charge is 0.225 e. The van der Waals surface area contributed by atoms with Crippen molar-refractivity contribution in [1.29, 1.82) is 0 Å². The minimum absolute atomic E-state index is 0.0439. The molecule has 2 aromatic rings. The van der Waals surface area contributed by atoms with Gasteiger partial charge in [0.25, 0.3) is 0 Å². The van der Waals surface area contributed by atoms with Gasteiger partial charge >= 0.3 is 0 Å². The number of piperidine rings is 3. The Morgan fingerprint density at radius 1 is 0.976 bits per heavy atom. The predicted octanol–water partition coefficient (Wildman–Crippen LogP) is 3.71. The number of nitrogens with zero attached hydrogens (tertiary/aromatic N) is 6. The molecule has 3 fully saturated rings. The number of carbonyl (C=O) groups excluding carboxylic acids is 1. The van der Waals surface area contributed by atoms with Gasteiger partial charge in [0.15, 0.2) is 0 Å². The first-order chi connectivity index (χ1) is 19.9. The molecule has 5 rings (SSSR count). The minimum Gasteiger partial charge on any atom is -0.392 e. The first kappa shape index (κ1) is 29.2. The van der Waals surface area contributed by atoms with Crippen molar-refractivity contribution < 1.29 is 18.4 Å². The van der Waals surface area contributed by atoms with E-state index in [1.54, 1.807) is 0 Å². The molecule has 0 bridgehead atoms. The van der Waals surface area contributed by atoms with Gasteiger partial charge in [-0.3, -0.25) is 4.79 Å². The number of rotatable bonds is 8. The molecule has 3 saturated heterocycles. The van der Waals surface area contributed by atoms with Crippen molar-refractivity contribution >= 4 is 23.3 Å². The van der Waals surface area contributed by atoms with Gasteiger partial charge in [0, 0.05) is 81.9 Å². The number of carbonyl (C=O) groups is 1. The van der Waals surface area contributed by atoms with E-state index >= 15 is 4.39 Å². The van der Waals surface area contributed by atoms with Gasteiger partial charge in [-0.2, -0.15) is 0 Å². The Bertz CT molecular complexity index is 1200. The Hall–Kier alpha value is -3.34. The number of aromatic nitrogens is 2. The number of aryl methyl sites for hydroxylation is 1. The number of anilines is 2. The first-order valence-electron chi connectivity index (χ1n) is 14.9. The van der Waals surface area contributed by atoms with E-state index in [2.05, 4.69) is 44.2 Å². The number of hydrogen-bond acceptors (Lipinski definition) is 8. The zero-order valence-electron chi connectivity index (χ0n) is 24.1. The molecule has 1 N–H and O–H groups in total. The van der Waals surface area contributed by atoms with Crippen molar-refractivity contribution in [3.8, 4) is 0 Å². The lowest BCUT2D eigenvalue weighted by atomic mass is 10.0. The topological polar surface area (TPSA) is 86.2 Å². The van der Waals surface area contributed by atoms with E-state index in [4.69, 9.17) is 4.84 Å². The van der Waals surface area contributed by atoms with E-state index in [0.717, 1.165) is 75.5 Å². The zero-order chi connectivity index (χ0) is 28.8. The Balaban J connectivity index is 1.07. The molecule has 3 aliphatic rings. The number of hydrogen-bond donors (Lipinski definition) is 1. The summed E-state index contributed by atoms with van der Waals surface area (Å²) in [5, 5.41) is 7.39. The third-order valence-electron chi connectivity index (χ3n) is 8.39. The molecule has 0 spiro atoms. The summed E-state index contributed by atoms with van der Waals surface area (Å²) in [7, 11) is 2.05. The summed E-state index contributed by atoms with van der Waals surface area (Å²) in [6, 6.07) is 2.48. The second kappa shape index (κ2) is 13.5. The Labute approximate surface area is 240 Å². The van der Waals surface area contributed by atoms with Crippen LogP contribution in [0.5, 0.6) is 0 Å². The van der Waals surface area contributed by atoms with Crippen LogP contribution in [0.25, 0.3) is 0 Å². The van der Waals surface area contributed by atoms with Crippen LogP contribution in [-0.4, -0.2) is 84.9 Å². The second-order valence-electron chi connectivity index (χ2n) is 11.4. The SMILES string of the molecule is CCc1cnc(N2CCC(ON=C3CCN(c4cc(F)c(CC(=O)NC5CCN(C)CC5)cc4F)CC3)CC2)nc1. The van der Waals surface area contributed by atoms with Crippen molar-refractivity contribution in [3.63, 3.8) is 0 Å². The van der Waals surface area contributed by atoms with Crippen LogP contribution < -0.4 is 15.1 Å². The molecular formula is C30H41F2N7O2. The summed E-state index contributed by atoms with van der Waals surface area (Å²) in [6.45, 7) is 6.60. The fourth-order valence-electron chi connectivity index (χ4n) is 5.66. The van der Waals surface area contributed by atoms with E-state index in [9.17, 15) is 9.18 Å². The third kappa shape index (κ3) is 7.69. The molecule has 0 atom stereocenters. The van der Waals surface area contributed by atoms with Gasteiger partial charge in [-0.15, -0.1) is 0 Å². The third-order valence-corrected chi connectivity index (χ3v) is 8.39. The molecule has 41 heavy (non-hydrogen) atoms. The quantitative estimate of drug-likeness (QED) is 0.485. The normalized spacial score (nSPS) is 19.4. The van der Waals surface area contributed by atoms with Crippen LogP contribution in [0.2, 0.25) is 0 Å². The number of nitrogens with one attached hydrogen (secondary N) is 1. The van der Waals surface area contributed by atoms with Crippen molar-refractivity contribution in [3.05, 3.63) is 47.3 Å². The number of amides is 1.